The molecule has 1 saturated carbocycles. The average molecular weight is 300 g/mol. The monoisotopic (exact) mass is 300 g/mol. The summed E-state index contributed by atoms with van der Waals surface area (Å²) in [6, 6.07) is 11.5. The highest BCUT2D eigenvalue weighted by Gasteiger charge is 2.28. The number of thiocarbonyl (C=S) groups is 1. The van der Waals surface area contributed by atoms with Gasteiger partial charge in [-0.2, -0.15) is 0 Å². The number of ether oxygens (including phenoxy) is 1. The lowest BCUT2D eigenvalue weighted by Crippen LogP contribution is -2.29. The predicted molar refractivity (Wildman–Crippen MR) is 86.8 cm³/mol. The van der Waals surface area contributed by atoms with Crippen molar-refractivity contribution in [2.75, 3.05) is 7.11 Å². The van der Waals surface area contributed by atoms with Crippen molar-refractivity contribution in [3.63, 3.8) is 0 Å². The van der Waals surface area contributed by atoms with Gasteiger partial charge in [-0.25, -0.2) is 0 Å². The Kier molecular flexibility index (Phi) is 3.51. The second kappa shape index (κ2) is 5.33. The molecule has 108 valence electrons. The van der Waals surface area contributed by atoms with Crippen LogP contribution in [0.25, 0.3) is 11.3 Å². The SMILES string of the molecule is COc1ccccc1-c1ccc(C(N)=S)c(=O)n1C1CC1. The van der Waals surface area contributed by atoms with Crippen molar-refractivity contribution >= 4 is 17.2 Å². The Hall–Kier alpha value is -2.14. The summed E-state index contributed by atoms with van der Waals surface area (Å²) in [4.78, 5) is 12.8. The fraction of sp³-hybridized carbons (Fsp3) is 0.250. The molecule has 0 atom stereocenters. The zero-order valence-corrected chi connectivity index (χ0v) is 12.5. The Morgan fingerprint density at radius 2 is 2.00 bits per heavy atom. The van der Waals surface area contributed by atoms with Gasteiger partial charge in [-0.3, -0.25) is 4.79 Å². The Bertz CT molecular complexity index is 763. The number of aromatic nitrogens is 1. The van der Waals surface area contributed by atoms with Crippen molar-refractivity contribution in [1.82, 2.24) is 4.57 Å². The lowest BCUT2D eigenvalue weighted by molar-refractivity contribution is 0.416. The number of rotatable bonds is 4. The molecule has 3 rings (SSSR count). The summed E-state index contributed by atoms with van der Waals surface area (Å²) in [5.74, 6) is 0.745. The third-order valence-corrected chi connectivity index (χ3v) is 3.90. The van der Waals surface area contributed by atoms with Crippen LogP contribution in [0, 0.1) is 0 Å². The summed E-state index contributed by atoms with van der Waals surface area (Å²) in [6.45, 7) is 0. The van der Waals surface area contributed by atoms with Crippen LogP contribution in [0.15, 0.2) is 41.2 Å². The second-order valence-electron chi connectivity index (χ2n) is 5.10. The molecule has 21 heavy (non-hydrogen) atoms. The highest BCUT2D eigenvalue weighted by molar-refractivity contribution is 7.80. The summed E-state index contributed by atoms with van der Waals surface area (Å²) >= 11 is 4.96. The van der Waals surface area contributed by atoms with Gasteiger partial charge in [0, 0.05) is 11.6 Å². The van der Waals surface area contributed by atoms with E-state index in [9.17, 15) is 4.79 Å². The number of pyridine rings is 1. The van der Waals surface area contributed by atoms with E-state index in [1.54, 1.807) is 17.7 Å². The van der Waals surface area contributed by atoms with E-state index in [1.807, 2.05) is 30.3 Å². The molecule has 2 N–H and O–H groups in total. The molecule has 1 aliphatic rings. The maximum Gasteiger partial charge on any atom is 0.261 e. The molecule has 0 bridgehead atoms. The van der Waals surface area contributed by atoms with Crippen LogP contribution in [-0.2, 0) is 0 Å². The smallest absolute Gasteiger partial charge is 0.261 e. The average Bonchev–Trinajstić information content (AvgIpc) is 3.31. The van der Waals surface area contributed by atoms with E-state index in [0.29, 0.717) is 5.56 Å². The third-order valence-electron chi connectivity index (χ3n) is 3.68. The molecule has 1 aliphatic carbocycles. The van der Waals surface area contributed by atoms with Crippen molar-refractivity contribution in [2.24, 2.45) is 5.73 Å². The summed E-state index contributed by atoms with van der Waals surface area (Å²) < 4.78 is 7.20. The fourth-order valence-electron chi connectivity index (χ4n) is 2.51. The second-order valence-corrected chi connectivity index (χ2v) is 5.54. The van der Waals surface area contributed by atoms with E-state index in [1.165, 1.54) is 0 Å². The van der Waals surface area contributed by atoms with Gasteiger partial charge in [0.15, 0.2) is 0 Å². The first-order valence-electron chi connectivity index (χ1n) is 6.82. The van der Waals surface area contributed by atoms with Crippen LogP contribution in [-0.4, -0.2) is 16.7 Å². The maximum atomic E-state index is 12.6. The number of para-hydroxylation sites is 1. The molecule has 1 heterocycles. The normalized spacial score (nSPS) is 14.0. The van der Waals surface area contributed by atoms with E-state index in [4.69, 9.17) is 22.7 Å². The van der Waals surface area contributed by atoms with E-state index < -0.39 is 0 Å². The minimum atomic E-state index is -0.117. The molecule has 0 aliphatic heterocycles. The Labute approximate surface area is 128 Å². The number of hydrogen-bond acceptors (Lipinski definition) is 3. The first-order chi connectivity index (χ1) is 10.1. The van der Waals surface area contributed by atoms with E-state index in [2.05, 4.69) is 0 Å². The Morgan fingerprint density at radius 1 is 1.29 bits per heavy atom. The molecular formula is C16H16N2O2S. The molecule has 0 spiro atoms. The topological polar surface area (TPSA) is 57.2 Å². The highest BCUT2D eigenvalue weighted by atomic mass is 32.1. The summed E-state index contributed by atoms with van der Waals surface area (Å²) in [7, 11) is 1.63. The van der Waals surface area contributed by atoms with Gasteiger partial charge in [0.25, 0.3) is 5.56 Å². The van der Waals surface area contributed by atoms with Crippen molar-refractivity contribution in [2.45, 2.75) is 18.9 Å². The minimum absolute atomic E-state index is 0.117. The number of nitrogens with two attached hydrogens (primary N) is 1. The Morgan fingerprint density at radius 3 is 2.62 bits per heavy atom. The molecule has 1 aromatic heterocycles. The van der Waals surface area contributed by atoms with Gasteiger partial charge in [0.2, 0.25) is 0 Å². The molecular weight excluding hydrogens is 284 g/mol. The van der Waals surface area contributed by atoms with E-state index >= 15 is 0 Å². The molecule has 2 aromatic rings. The van der Waals surface area contributed by atoms with Gasteiger partial charge in [0.1, 0.15) is 10.7 Å². The minimum Gasteiger partial charge on any atom is -0.496 e. The molecule has 1 aromatic carbocycles. The zero-order valence-electron chi connectivity index (χ0n) is 11.7. The van der Waals surface area contributed by atoms with E-state index in [-0.39, 0.29) is 16.6 Å². The molecule has 5 heteroatoms. The van der Waals surface area contributed by atoms with Crippen LogP contribution in [0.3, 0.4) is 0 Å². The largest absolute Gasteiger partial charge is 0.496 e. The van der Waals surface area contributed by atoms with Crippen molar-refractivity contribution < 1.29 is 4.74 Å². The summed E-state index contributed by atoms with van der Waals surface area (Å²) in [5.41, 5.74) is 7.67. The molecule has 1 fully saturated rings. The van der Waals surface area contributed by atoms with Crippen LogP contribution in [0.1, 0.15) is 24.4 Å². The lowest BCUT2D eigenvalue weighted by atomic mass is 10.1. The first kappa shape index (κ1) is 13.8. The van der Waals surface area contributed by atoms with Crippen LogP contribution in [0.4, 0.5) is 0 Å². The van der Waals surface area contributed by atoms with Gasteiger partial charge in [0.05, 0.1) is 18.4 Å². The molecule has 0 radical (unpaired) electrons. The standard InChI is InChI=1S/C16H16N2O2S/c1-20-14-5-3-2-4-11(14)13-9-8-12(15(17)21)16(19)18(13)10-6-7-10/h2-5,8-10H,6-7H2,1H3,(H2,17,21). The van der Waals surface area contributed by atoms with Crippen LogP contribution >= 0.6 is 12.2 Å². The highest BCUT2D eigenvalue weighted by Crippen LogP contribution is 2.39. The third kappa shape index (κ3) is 2.45. The zero-order chi connectivity index (χ0) is 15.0. The van der Waals surface area contributed by atoms with Crippen LogP contribution < -0.4 is 16.0 Å². The summed E-state index contributed by atoms with van der Waals surface area (Å²) in [5, 5.41) is 0. The van der Waals surface area contributed by atoms with Gasteiger partial charge in [-0.05, 0) is 37.1 Å². The van der Waals surface area contributed by atoms with Crippen molar-refractivity contribution in [3.8, 4) is 17.0 Å². The molecule has 0 unspecified atom stereocenters. The van der Waals surface area contributed by atoms with Gasteiger partial charge in [-0.1, -0.05) is 24.4 Å². The van der Waals surface area contributed by atoms with Gasteiger partial charge in [-0.15, -0.1) is 0 Å². The van der Waals surface area contributed by atoms with E-state index in [0.717, 1.165) is 29.8 Å². The number of nitrogens with zero attached hydrogens (tertiary/aromatic N) is 1. The van der Waals surface area contributed by atoms with Crippen molar-refractivity contribution in [1.29, 1.82) is 0 Å². The fourth-order valence-corrected chi connectivity index (χ4v) is 2.67. The van der Waals surface area contributed by atoms with Gasteiger partial charge < -0.3 is 15.0 Å². The van der Waals surface area contributed by atoms with Crippen molar-refractivity contribution in [3.05, 3.63) is 52.3 Å². The maximum absolute atomic E-state index is 12.6. The predicted octanol–water partition coefficient (Wildman–Crippen LogP) is 2.49. The van der Waals surface area contributed by atoms with Crippen LogP contribution in [0.2, 0.25) is 0 Å². The number of methoxy groups -OCH3 is 1. The summed E-state index contributed by atoms with van der Waals surface area (Å²) in [6.07, 6.45) is 2.01. The number of hydrogen-bond donors (Lipinski definition) is 1. The molecule has 0 amide bonds. The lowest BCUT2D eigenvalue weighted by Gasteiger charge is -2.16. The number of benzene rings is 1. The van der Waals surface area contributed by atoms with Crippen LogP contribution in [0.5, 0.6) is 5.75 Å². The first-order valence-corrected chi connectivity index (χ1v) is 7.23. The molecule has 4 nitrogen and oxygen atoms in total. The van der Waals surface area contributed by atoms with Gasteiger partial charge >= 0.3 is 0 Å². The Balaban J connectivity index is 2.26. The quantitative estimate of drug-likeness (QED) is 0.881. The molecule has 0 saturated heterocycles.